The van der Waals surface area contributed by atoms with E-state index in [1.807, 2.05) is 13.8 Å². The molecule has 0 aliphatic carbocycles. The van der Waals surface area contributed by atoms with Crippen molar-refractivity contribution < 1.29 is 17.9 Å². The first-order valence-corrected chi connectivity index (χ1v) is 6.41. The Kier molecular flexibility index (Phi) is 5.82. The molecule has 0 aromatic heterocycles. The van der Waals surface area contributed by atoms with Crippen LogP contribution in [0.2, 0.25) is 0 Å². The highest BCUT2D eigenvalue weighted by molar-refractivity contribution is 5.26. The average Bonchev–Trinajstić information content (AvgIpc) is 2.35. The fraction of sp³-hybridized carbons (Fsp3) is 0.571. The zero-order valence-corrected chi connectivity index (χ0v) is 11.2. The van der Waals surface area contributed by atoms with Crippen LogP contribution in [0.25, 0.3) is 0 Å². The van der Waals surface area contributed by atoms with Crippen molar-refractivity contribution in [1.82, 2.24) is 0 Å². The fourth-order valence-electron chi connectivity index (χ4n) is 2.04. The minimum Gasteiger partial charge on any atom is -0.377 e. The molecular formula is C14H20F3NO. The lowest BCUT2D eigenvalue weighted by Crippen LogP contribution is -2.38. The van der Waals surface area contributed by atoms with Crippen LogP contribution in [-0.4, -0.2) is 18.8 Å². The van der Waals surface area contributed by atoms with Gasteiger partial charge in [0.15, 0.2) is 0 Å². The van der Waals surface area contributed by atoms with E-state index >= 15 is 0 Å². The first-order chi connectivity index (χ1) is 8.88. The fourth-order valence-corrected chi connectivity index (χ4v) is 2.04. The van der Waals surface area contributed by atoms with Gasteiger partial charge in [0.1, 0.15) is 0 Å². The van der Waals surface area contributed by atoms with Crippen LogP contribution in [-0.2, 0) is 17.3 Å². The number of ether oxygens (including phenoxy) is 1. The molecule has 0 bridgehead atoms. The van der Waals surface area contributed by atoms with Crippen molar-refractivity contribution in [1.29, 1.82) is 0 Å². The molecule has 0 aliphatic rings. The SMILES string of the molecule is CCOC(CC)C(N)Cc1cccc(C(F)(F)F)c1. The quantitative estimate of drug-likeness (QED) is 0.863. The van der Waals surface area contributed by atoms with Gasteiger partial charge in [-0.2, -0.15) is 13.2 Å². The number of hydrogen-bond donors (Lipinski definition) is 1. The van der Waals surface area contributed by atoms with Gasteiger partial charge in [-0.15, -0.1) is 0 Å². The maximum absolute atomic E-state index is 12.6. The summed E-state index contributed by atoms with van der Waals surface area (Å²) in [5.74, 6) is 0. The lowest BCUT2D eigenvalue weighted by atomic mass is 9.99. The lowest BCUT2D eigenvalue weighted by Gasteiger charge is -2.22. The zero-order chi connectivity index (χ0) is 14.5. The Hall–Kier alpha value is -1.07. The molecule has 19 heavy (non-hydrogen) atoms. The molecule has 1 aromatic rings. The second-order valence-corrected chi connectivity index (χ2v) is 4.47. The number of benzene rings is 1. The molecule has 0 saturated heterocycles. The molecule has 0 heterocycles. The zero-order valence-electron chi connectivity index (χ0n) is 11.2. The van der Waals surface area contributed by atoms with Crippen molar-refractivity contribution in [3.05, 3.63) is 35.4 Å². The second-order valence-electron chi connectivity index (χ2n) is 4.47. The molecule has 2 nitrogen and oxygen atoms in total. The molecule has 0 amide bonds. The van der Waals surface area contributed by atoms with Crippen molar-refractivity contribution in [2.75, 3.05) is 6.61 Å². The Labute approximate surface area is 111 Å². The van der Waals surface area contributed by atoms with E-state index in [4.69, 9.17) is 10.5 Å². The van der Waals surface area contributed by atoms with Gasteiger partial charge in [0, 0.05) is 12.6 Å². The van der Waals surface area contributed by atoms with E-state index in [0.717, 1.165) is 18.6 Å². The molecule has 2 unspecified atom stereocenters. The van der Waals surface area contributed by atoms with Gasteiger partial charge in [-0.1, -0.05) is 25.1 Å². The van der Waals surface area contributed by atoms with E-state index in [1.165, 1.54) is 6.07 Å². The van der Waals surface area contributed by atoms with Crippen LogP contribution in [0.4, 0.5) is 13.2 Å². The molecule has 0 fully saturated rings. The summed E-state index contributed by atoms with van der Waals surface area (Å²) >= 11 is 0. The van der Waals surface area contributed by atoms with Crippen molar-refractivity contribution >= 4 is 0 Å². The van der Waals surface area contributed by atoms with Gasteiger partial charge < -0.3 is 10.5 Å². The van der Waals surface area contributed by atoms with Gasteiger partial charge in [0.25, 0.3) is 0 Å². The Morgan fingerprint density at radius 2 is 1.95 bits per heavy atom. The van der Waals surface area contributed by atoms with E-state index in [-0.39, 0.29) is 12.1 Å². The minimum absolute atomic E-state index is 0.125. The third-order valence-corrected chi connectivity index (χ3v) is 2.99. The molecule has 0 aliphatic heterocycles. The van der Waals surface area contributed by atoms with Crippen LogP contribution in [0.1, 0.15) is 31.4 Å². The van der Waals surface area contributed by atoms with Crippen molar-refractivity contribution in [3.8, 4) is 0 Å². The number of hydrogen-bond acceptors (Lipinski definition) is 2. The van der Waals surface area contributed by atoms with Gasteiger partial charge in [-0.3, -0.25) is 0 Å². The van der Waals surface area contributed by atoms with Crippen LogP contribution < -0.4 is 5.73 Å². The summed E-state index contributed by atoms with van der Waals surface area (Å²) in [6, 6.07) is 4.99. The van der Waals surface area contributed by atoms with Crippen LogP contribution >= 0.6 is 0 Å². The highest BCUT2D eigenvalue weighted by Gasteiger charge is 2.30. The average molecular weight is 275 g/mol. The Morgan fingerprint density at radius 3 is 2.47 bits per heavy atom. The van der Waals surface area contributed by atoms with Crippen molar-refractivity contribution in [3.63, 3.8) is 0 Å². The maximum atomic E-state index is 12.6. The predicted molar refractivity (Wildman–Crippen MR) is 68.8 cm³/mol. The molecule has 108 valence electrons. The van der Waals surface area contributed by atoms with E-state index in [2.05, 4.69) is 0 Å². The van der Waals surface area contributed by atoms with E-state index < -0.39 is 11.7 Å². The maximum Gasteiger partial charge on any atom is 0.416 e. The molecule has 0 saturated carbocycles. The van der Waals surface area contributed by atoms with Gasteiger partial charge in [0.2, 0.25) is 0 Å². The summed E-state index contributed by atoms with van der Waals surface area (Å²) in [4.78, 5) is 0. The van der Waals surface area contributed by atoms with E-state index in [9.17, 15) is 13.2 Å². The lowest BCUT2D eigenvalue weighted by molar-refractivity contribution is -0.137. The summed E-state index contributed by atoms with van der Waals surface area (Å²) < 4.78 is 43.3. The molecule has 2 N–H and O–H groups in total. The number of nitrogens with two attached hydrogens (primary N) is 1. The smallest absolute Gasteiger partial charge is 0.377 e. The Morgan fingerprint density at radius 1 is 1.26 bits per heavy atom. The van der Waals surface area contributed by atoms with Crippen molar-refractivity contribution in [2.24, 2.45) is 5.73 Å². The first kappa shape index (κ1) is 16.0. The predicted octanol–water partition coefficient (Wildman–Crippen LogP) is 3.39. The van der Waals surface area contributed by atoms with Gasteiger partial charge >= 0.3 is 6.18 Å². The van der Waals surface area contributed by atoms with E-state index in [1.54, 1.807) is 6.07 Å². The third kappa shape index (κ3) is 4.84. The third-order valence-electron chi connectivity index (χ3n) is 2.99. The van der Waals surface area contributed by atoms with Crippen LogP contribution in [0, 0.1) is 0 Å². The highest BCUT2D eigenvalue weighted by Crippen LogP contribution is 2.29. The molecule has 5 heteroatoms. The summed E-state index contributed by atoms with van der Waals surface area (Å²) in [5, 5.41) is 0. The van der Waals surface area contributed by atoms with Gasteiger partial charge in [-0.05, 0) is 31.4 Å². The molecule has 0 radical (unpaired) electrons. The number of rotatable bonds is 6. The monoisotopic (exact) mass is 275 g/mol. The van der Waals surface area contributed by atoms with E-state index in [0.29, 0.717) is 18.6 Å². The normalized spacial score (nSPS) is 15.3. The van der Waals surface area contributed by atoms with Crippen LogP contribution in [0.15, 0.2) is 24.3 Å². The highest BCUT2D eigenvalue weighted by atomic mass is 19.4. The molecule has 2 atom stereocenters. The standard InChI is InChI=1S/C14H20F3NO/c1-3-13(19-4-2)12(18)9-10-6-5-7-11(8-10)14(15,16)17/h5-8,12-13H,3-4,9,18H2,1-2H3. The van der Waals surface area contributed by atoms with Gasteiger partial charge in [-0.25, -0.2) is 0 Å². The minimum atomic E-state index is -4.32. The number of alkyl halides is 3. The second kappa shape index (κ2) is 6.91. The topological polar surface area (TPSA) is 35.2 Å². The Bertz CT molecular complexity index is 393. The van der Waals surface area contributed by atoms with Crippen LogP contribution in [0.5, 0.6) is 0 Å². The largest absolute Gasteiger partial charge is 0.416 e. The van der Waals surface area contributed by atoms with Crippen molar-refractivity contribution in [2.45, 2.75) is 45.0 Å². The molecule has 1 aromatic carbocycles. The summed E-state index contributed by atoms with van der Waals surface area (Å²) in [5.41, 5.74) is 5.95. The molecule has 1 rings (SSSR count). The number of halogens is 3. The first-order valence-electron chi connectivity index (χ1n) is 6.41. The summed E-state index contributed by atoms with van der Waals surface area (Å²) in [6.45, 7) is 4.38. The van der Waals surface area contributed by atoms with Crippen LogP contribution in [0.3, 0.4) is 0 Å². The molecular weight excluding hydrogens is 255 g/mol. The summed E-state index contributed by atoms with van der Waals surface area (Å²) in [6.07, 6.45) is -3.32. The molecule has 0 spiro atoms. The summed E-state index contributed by atoms with van der Waals surface area (Å²) in [7, 11) is 0. The van der Waals surface area contributed by atoms with Gasteiger partial charge in [0.05, 0.1) is 11.7 Å². The Balaban J connectivity index is 2.76.